The Morgan fingerprint density at radius 3 is 2.65 bits per heavy atom. The lowest BCUT2D eigenvalue weighted by Crippen LogP contribution is -2.49. The highest BCUT2D eigenvalue weighted by Gasteiger charge is 2.71. The van der Waals surface area contributed by atoms with Crippen LogP contribution in [0, 0.1) is 11.8 Å². The highest BCUT2D eigenvalue weighted by Crippen LogP contribution is 2.61. The zero-order chi connectivity index (χ0) is 15.7. The van der Waals surface area contributed by atoms with Crippen molar-refractivity contribution in [1.82, 2.24) is 0 Å². The van der Waals surface area contributed by atoms with Crippen molar-refractivity contribution in [1.29, 1.82) is 0 Å². The van der Waals surface area contributed by atoms with Gasteiger partial charge in [-0.05, 0) is 50.5 Å². The SMILES string of the molecule is CC1(C)O[C@H]2O[C@@H]3[C@@H]4CC[C@@H]4C[C@]3(OCc3ccccc3)[C@H]2O1. The van der Waals surface area contributed by atoms with Crippen molar-refractivity contribution in [2.75, 3.05) is 0 Å². The van der Waals surface area contributed by atoms with Gasteiger partial charge >= 0.3 is 0 Å². The molecule has 124 valence electrons. The van der Waals surface area contributed by atoms with E-state index in [1.54, 1.807) is 0 Å². The Hall–Kier alpha value is -0.940. The molecule has 0 aromatic heterocycles. The molecule has 1 aromatic carbocycles. The average molecular weight is 316 g/mol. The van der Waals surface area contributed by atoms with E-state index in [0.717, 1.165) is 12.3 Å². The van der Waals surface area contributed by atoms with Crippen LogP contribution in [0.15, 0.2) is 30.3 Å². The summed E-state index contributed by atoms with van der Waals surface area (Å²) >= 11 is 0. The highest BCUT2D eigenvalue weighted by molar-refractivity contribution is 5.19. The third-order valence-corrected chi connectivity index (χ3v) is 6.10. The summed E-state index contributed by atoms with van der Waals surface area (Å²) < 4.78 is 25.1. The molecule has 2 saturated carbocycles. The highest BCUT2D eigenvalue weighted by atomic mass is 16.8. The Labute approximate surface area is 137 Å². The minimum atomic E-state index is -0.592. The van der Waals surface area contributed by atoms with Gasteiger partial charge in [0.15, 0.2) is 12.1 Å². The third-order valence-electron chi connectivity index (χ3n) is 6.10. The normalized spacial score (nSPS) is 46.1. The second-order valence-corrected chi connectivity index (χ2v) is 7.92. The number of rotatable bonds is 3. The smallest absolute Gasteiger partial charge is 0.190 e. The summed E-state index contributed by atoms with van der Waals surface area (Å²) in [7, 11) is 0. The lowest BCUT2D eigenvalue weighted by atomic mass is 9.75. The van der Waals surface area contributed by atoms with Gasteiger partial charge in [0.05, 0.1) is 12.7 Å². The molecule has 2 aliphatic carbocycles. The second kappa shape index (κ2) is 4.79. The average Bonchev–Trinajstić information content (AvgIpc) is 3.01. The van der Waals surface area contributed by atoms with E-state index in [2.05, 4.69) is 24.3 Å². The van der Waals surface area contributed by atoms with Crippen molar-refractivity contribution in [3.05, 3.63) is 35.9 Å². The van der Waals surface area contributed by atoms with Gasteiger partial charge in [0.25, 0.3) is 0 Å². The van der Waals surface area contributed by atoms with Gasteiger partial charge in [-0.1, -0.05) is 30.3 Å². The Balaban J connectivity index is 1.44. The molecule has 0 N–H and O–H groups in total. The van der Waals surface area contributed by atoms with Crippen LogP contribution in [0.1, 0.15) is 38.7 Å². The molecule has 0 spiro atoms. The summed E-state index contributed by atoms with van der Waals surface area (Å²) in [5, 5.41) is 0. The molecule has 23 heavy (non-hydrogen) atoms. The molecule has 2 saturated heterocycles. The first-order valence-electron chi connectivity index (χ1n) is 8.76. The Morgan fingerprint density at radius 2 is 1.91 bits per heavy atom. The number of hydrogen-bond acceptors (Lipinski definition) is 4. The molecule has 0 unspecified atom stereocenters. The maximum Gasteiger partial charge on any atom is 0.190 e. The molecule has 6 atom stereocenters. The van der Waals surface area contributed by atoms with E-state index in [9.17, 15) is 0 Å². The topological polar surface area (TPSA) is 36.9 Å². The van der Waals surface area contributed by atoms with Crippen molar-refractivity contribution in [2.24, 2.45) is 11.8 Å². The molecule has 4 heteroatoms. The summed E-state index contributed by atoms with van der Waals surface area (Å²) in [6.45, 7) is 4.52. The molecular formula is C19H24O4. The molecule has 4 nitrogen and oxygen atoms in total. The van der Waals surface area contributed by atoms with Crippen LogP contribution >= 0.6 is 0 Å². The van der Waals surface area contributed by atoms with Crippen LogP contribution in [-0.4, -0.2) is 29.9 Å². The lowest BCUT2D eigenvalue weighted by Gasteiger charge is -2.35. The predicted molar refractivity (Wildman–Crippen MR) is 83.5 cm³/mol. The van der Waals surface area contributed by atoms with Crippen molar-refractivity contribution in [3.63, 3.8) is 0 Å². The van der Waals surface area contributed by atoms with Crippen LogP contribution in [0.2, 0.25) is 0 Å². The van der Waals surface area contributed by atoms with E-state index >= 15 is 0 Å². The van der Waals surface area contributed by atoms with E-state index in [1.807, 2.05) is 19.9 Å². The first kappa shape index (κ1) is 14.4. The molecule has 0 amide bonds. The molecule has 5 rings (SSSR count). The van der Waals surface area contributed by atoms with E-state index in [0.29, 0.717) is 12.5 Å². The van der Waals surface area contributed by atoms with Gasteiger partial charge in [-0.25, -0.2) is 0 Å². The van der Waals surface area contributed by atoms with Gasteiger partial charge in [0.1, 0.15) is 11.7 Å². The lowest BCUT2D eigenvalue weighted by molar-refractivity contribution is -0.238. The first-order valence-corrected chi connectivity index (χ1v) is 8.76. The van der Waals surface area contributed by atoms with Gasteiger partial charge in [0.2, 0.25) is 0 Å². The van der Waals surface area contributed by atoms with E-state index in [-0.39, 0.29) is 24.1 Å². The fraction of sp³-hybridized carbons (Fsp3) is 0.684. The summed E-state index contributed by atoms with van der Waals surface area (Å²) in [5.41, 5.74) is 0.849. The van der Waals surface area contributed by atoms with Crippen LogP contribution in [0.25, 0.3) is 0 Å². The summed E-state index contributed by atoms with van der Waals surface area (Å²) in [6, 6.07) is 10.4. The maximum atomic E-state index is 6.56. The Bertz CT molecular complexity index is 601. The quantitative estimate of drug-likeness (QED) is 0.858. The number of benzene rings is 1. The van der Waals surface area contributed by atoms with Gasteiger partial charge in [-0.2, -0.15) is 0 Å². The molecule has 4 fully saturated rings. The van der Waals surface area contributed by atoms with Crippen molar-refractivity contribution < 1.29 is 18.9 Å². The Kier molecular flexibility index (Phi) is 3.00. The van der Waals surface area contributed by atoms with Crippen LogP contribution in [0.4, 0.5) is 0 Å². The molecular weight excluding hydrogens is 292 g/mol. The molecule has 2 heterocycles. The molecule has 0 bridgehead atoms. The fourth-order valence-corrected chi connectivity index (χ4v) is 4.95. The largest absolute Gasteiger partial charge is 0.365 e. The second-order valence-electron chi connectivity index (χ2n) is 7.92. The number of ether oxygens (including phenoxy) is 4. The van der Waals surface area contributed by atoms with Crippen LogP contribution in [0.3, 0.4) is 0 Å². The standard InChI is InChI=1S/C19H24O4/c1-18(2)22-16-17(23-18)21-15-14-9-8-13(14)10-19(15,16)20-11-12-6-4-3-5-7-12/h3-7,13-17H,8-11H2,1-2H3/t13-,14-,15-,16+,17-,19-/m1/s1. The van der Waals surface area contributed by atoms with Gasteiger partial charge in [-0.3, -0.25) is 0 Å². The third kappa shape index (κ3) is 2.05. The van der Waals surface area contributed by atoms with Gasteiger partial charge in [0, 0.05) is 0 Å². The summed E-state index contributed by atoms with van der Waals surface area (Å²) in [6.07, 6.45) is 3.30. The predicted octanol–water partition coefficient (Wildman–Crippen LogP) is 3.25. The zero-order valence-corrected chi connectivity index (χ0v) is 13.7. The van der Waals surface area contributed by atoms with E-state index in [1.165, 1.54) is 18.4 Å². The Morgan fingerprint density at radius 1 is 1.09 bits per heavy atom. The summed E-state index contributed by atoms with van der Waals surface area (Å²) in [5.74, 6) is 0.751. The summed E-state index contributed by atoms with van der Waals surface area (Å²) in [4.78, 5) is 0. The number of fused-ring (bicyclic) bond motifs is 5. The maximum absolute atomic E-state index is 6.56. The first-order chi connectivity index (χ1) is 11.1. The van der Waals surface area contributed by atoms with E-state index in [4.69, 9.17) is 18.9 Å². The van der Waals surface area contributed by atoms with Crippen molar-refractivity contribution >= 4 is 0 Å². The minimum absolute atomic E-state index is 0.114. The number of hydrogen-bond donors (Lipinski definition) is 0. The van der Waals surface area contributed by atoms with Crippen LogP contribution in [-0.2, 0) is 25.6 Å². The molecule has 2 aliphatic heterocycles. The van der Waals surface area contributed by atoms with Crippen molar-refractivity contribution in [3.8, 4) is 0 Å². The molecule has 0 radical (unpaired) electrons. The van der Waals surface area contributed by atoms with Gasteiger partial charge < -0.3 is 18.9 Å². The van der Waals surface area contributed by atoms with Crippen LogP contribution < -0.4 is 0 Å². The van der Waals surface area contributed by atoms with Crippen LogP contribution in [0.5, 0.6) is 0 Å². The van der Waals surface area contributed by atoms with Crippen molar-refractivity contribution in [2.45, 2.75) is 69.6 Å². The fourth-order valence-electron chi connectivity index (χ4n) is 4.95. The monoisotopic (exact) mass is 316 g/mol. The molecule has 1 aromatic rings. The molecule has 4 aliphatic rings. The van der Waals surface area contributed by atoms with E-state index < -0.39 is 5.79 Å². The van der Waals surface area contributed by atoms with Gasteiger partial charge in [-0.15, -0.1) is 0 Å². The zero-order valence-electron chi connectivity index (χ0n) is 13.7. The minimum Gasteiger partial charge on any atom is -0.365 e.